The first-order chi connectivity index (χ1) is 9.13. The molecule has 0 heterocycles. The fraction of sp³-hybridized carbons (Fsp3) is 0.400. The molecule has 19 heavy (non-hydrogen) atoms. The average molecular weight is 263 g/mol. The molecule has 0 saturated heterocycles. The van der Waals surface area contributed by atoms with Crippen molar-refractivity contribution in [3.8, 4) is 5.75 Å². The van der Waals surface area contributed by atoms with Crippen molar-refractivity contribution in [3.05, 3.63) is 35.9 Å². The molecule has 0 aliphatic carbocycles. The zero-order chi connectivity index (χ0) is 14.1. The van der Waals surface area contributed by atoms with Gasteiger partial charge in [-0.15, -0.1) is 0 Å². The molecule has 4 nitrogen and oxygen atoms in total. The summed E-state index contributed by atoms with van der Waals surface area (Å²) in [4.78, 5) is 11.5. The van der Waals surface area contributed by atoms with Crippen LogP contribution in [0.1, 0.15) is 25.8 Å². The summed E-state index contributed by atoms with van der Waals surface area (Å²) in [6.07, 6.45) is 3.35. The van der Waals surface area contributed by atoms with Gasteiger partial charge in [-0.3, -0.25) is 4.79 Å². The molecule has 104 valence electrons. The number of para-hydroxylation sites is 1. The van der Waals surface area contributed by atoms with Gasteiger partial charge in [0.15, 0.2) is 0 Å². The fourth-order valence-electron chi connectivity index (χ4n) is 1.53. The van der Waals surface area contributed by atoms with Gasteiger partial charge in [-0.2, -0.15) is 0 Å². The van der Waals surface area contributed by atoms with Crippen LogP contribution in [0, 0.1) is 0 Å². The number of carbonyl (C=O) groups is 1. The minimum atomic E-state index is -0.400. The van der Waals surface area contributed by atoms with Crippen molar-refractivity contribution in [2.24, 2.45) is 0 Å². The van der Waals surface area contributed by atoms with E-state index in [1.54, 1.807) is 13.0 Å². The van der Waals surface area contributed by atoms with Crippen LogP contribution < -0.4 is 10.1 Å². The first-order valence-corrected chi connectivity index (χ1v) is 6.49. The zero-order valence-electron chi connectivity index (χ0n) is 11.4. The Hall–Kier alpha value is -1.81. The Morgan fingerprint density at radius 3 is 2.89 bits per heavy atom. The van der Waals surface area contributed by atoms with Crippen LogP contribution in [-0.2, 0) is 4.79 Å². The van der Waals surface area contributed by atoms with Crippen LogP contribution in [0.25, 0.3) is 6.08 Å². The van der Waals surface area contributed by atoms with Crippen molar-refractivity contribution < 1.29 is 14.6 Å². The topological polar surface area (TPSA) is 58.6 Å². The number of ether oxygens (including phenoxy) is 1. The van der Waals surface area contributed by atoms with E-state index in [1.165, 1.54) is 6.08 Å². The van der Waals surface area contributed by atoms with E-state index in [-0.39, 0.29) is 5.91 Å². The molecule has 1 rings (SSSR count). The SMILES string of the molecule is CCOc1ccccc1C=CC(=O)NCCC(C)O. The van der Waals surface area contributed by atoms with Gasteiger partial charge in [0.1, 0.15) is 5.75 Å². The molecule has 0 bridgehead atoms. The second kappa shape index (κ2) is 8.32. The Morgan fingerprint density at radius 2 is 2.21 bits per heavy atom. The number of aliphatic hydroxyl groups excluding tert-OH is 1. The van der Waals surface area contributed by atoms with Crippen LogP contribution in [0.5, 0.6) is 5.75 Å². The van der Waals surface area contributed by atoms with Gasteiger partial charge in [0.25, 0.3) is 0 Å². The molecule has 0 saturated carbocycles. The zero-order valence-corrected chi connectivity index (χ0v) is 11.4. The Bertz CT molecular complexity index is 427. The number of carbonyl (C=O) groups excluding carboxylic acids is 1. The van der Waals surface area contributed by atoms with E-state index in [2.05, 4.69) is 5.32 Å². The molecule has 4 heteroatoms. The molecule has 1 aromatic carbocycles. The summed E-state index contributed by atoms with van der Waals surface area (Å²) in [5, 5.41) is 11.8. The van der Waals surface area contributed by atoms with Crippen LogP contribution in [0.2, 0.25) is 0 Å². The van der Waals surface area contributed by atoms with Crippen molar-refractivity contribution in [1.82, 2.24) is 5.32 Å². The second-order valence-electron chi connectivity index (χ2n) is 4.23. The molecule has 0 radical (unpaired) electrons. The number of rotatable bonds is 7. The second-order valence-corrected chi connectivity index (χ2v) is 4.23. The molecule has 1 unspecified atom stereocenters. The summed E-state index contributed by atoms with van der Waals surface area (Å²) in [6, 6.07) is 7.55. The Kier molecular flexibility index (Phi) is 6.68. The van der Waals surface area contributed by atoms with Crippen molar-refractivity contribution >= 4 is 12.0 Å². The summed E-state index contributed by atoms with van der Waals surface area (Å²) in [5.41, 5.74) is 0.870. The maximum Gasteiger partial charge on any atom is 0.244 e. The average Bonchev–Trinajstić information content (AvgIpc) is 2.37. The Morgan fingerprint density at radius 1 is 1.47 bits per heavy atom. The van der Waals surface area contributed by atoms with Gasteiger partial charge >= 0.3 is 0 Å². The lowest BCUT2D eigenvalue weighted by atomic mass is 10.2. The highest BCUT2D eigenvalue weighted by molar-refractivity contribution is 5.92. The highest BCUT2D eigenvalue weighted by Crippen LogP contribution is 2.19. The van der Waals surface area contributed by atoms with E-state index < -0.39 is 6.10 Å². The number of hydrogen-bond donors (Lipinski definition) is 2. The molecular formula is C15H21NO3. The molecule has 2 N–H and O–H groups in total. The van der Waals surface area contributed by atoms with Crippen molar-refractivity contribution in [3.63, 3.8) is 0 Å². The lowest BCUT2D eigenvalue weighted by Crippen LogP contribution is -2.24. The molecule has 0 spiro atoms. The normalized spacial score (nSPS) is 12.4. The van der Waals surface area contributed by atoms with Gasteiger partial charge in [0, 0.05) is 18.2 Å². The maximum atomic E-state index is 11.5. The number of nitrogens with one attached hydrogen (secondary N) is 1. The number of amides is 1. The first kappa shape index (κ1) is 15.2. The van der Waals surface area contributed by atoms with Gasteiger partial charge < -0.3 is 15.2 Å². The van der Waals surface area contributed by atoms with E-state index in [0.29, 0.717) is 19.6 Å². The maximum absolute atomic E-state index is 11.5. The lowest BCUT2D eigenvalue weighted by molar-refractivity contribution is -0.116. The third-order valence-corrected chi connectivity index (χ3v) is 2.49. The minimum Gasteiger partial charge on any atom is -0.493 e. The van der Waals surface area contributed by atoms with Crippen LogP contribution in [-0.4, -0.2) is 30.3 Å². The third kappa shape index (κ3) is 6.06. The Balaban J connectivity index is 2.53. The van der Waals surface area contributed by atoms with E-state index in [9.17, 15) is 4.79 Å². The van der Waals surface area contributed by atoms with Crippen LogP contribution in [0.3, 0.4) is 0 Å². The number of hydrogen-bond acceptors (Lipinski definition) is 3. The van der Waals surface area contributed by atoms with Gasteiger partial charge in [-0.25, -0.2) is 0 Å². The van der Waals surface area contributed by atoms with Crippen molar-refractivity contribution in [1.29, 1.82) is 0 Å². The number of benzene rings is 1. The molecule has 0 fully saturated rings. The van der Waals surface area contributed by atoms with Gasteiger partial charge in [0.05, 0.1) is 12.7 Å². The summed E-state index contributed by atoms with van der Waals surface area (Å²) >= 11 is 0. The van der Waals surface area contributed by atoms with E-state index in [0.717, 1.165) is 11.3 Å². The van der Waals surface area contributed by atoms with Gasteiger partial charge in [-0.1, -0.05) is 18.2 Å². The standard InChI is InChI=1S/C15H21NO3/c1-3-19-14-7-5-4-6-13(14)8-9-15(18)16-11-10-12(2)17/h4-9,12,17H,3,10-11H2,1-2H3,(H,16,18). The lowest BCUT2D eigenvalue weighted by Gasteiger charge is -2.06. The minimum absolute atomic E-state index is 0.174. The quantitative estimate of drug-likeness (QED) is 0.740. The summed E-state index contributed by atoms with van der Waals surface area (Å²) in [5.74, 6) is 0.588. The molecule has 1 atom stereocenters. The predicted molar refractivity (Wildman–Crippen MR) is 76.0 cm³/mol. The van der Waals surface area contributed by atoms with Gasteiger partial charge in [-0.05, 0) is 32.4 Å². The Labute approximate surface area is 114 Å². The van der Waals surface area contributed by atoms with E-state index in [4.69, 9.17) is 9.84 Å². The molecule has 1 aromatic rings. The predicted octanol–water partition coefficient (Wildman–Crippen LogP) is 1.99. The van der Waals surface area contributed by atoms with E-state index >= 15 is 0 Å². The molecule has 0 aromatic heterocycles. The molecule has 1 amide bonds. The molecular weight excluding hydrogens is 242 g/mol. The smallest absolute Gasteiger partial charge is 0.244 e. The van der Waals surface area contributed by atoms with Crippen molar-refractivity contribution in [2.75, 3.05) is 13.2 Å². The summed E-state index contributed by atoms with van der Waals surface area (Å²) in [6.45, 7) is 4.67. The van der Waals surface area contributed by atoms with Crippen LogP contribution >= 0.6 is 0 Å². The highest BCUT2D eigenvalue weighted by Gasteiger charge is 2.01. The van der Waals surface area contributed by atoms with Crippen LogP contribution in [0.4, 0.5) is 0 Å². The number of aliphatic hydroxyl groups is 1. The van der Waals surface area contributed by atoms with Crippen LogP contribution in [0.15, 0.2) is 30.3 Å². The summed E-state index contributed by atoms with van der Waals surface area (Å²) in [7, 11) is 0. The third-order valence-electron chi connectivity index (χ3n) is 2.49. The van der Waals surface area contributed by atoms with Crippen molar-refractivity contribution in [2.45, 2.75) is 26.4 Å². The monoisotopic (exact) mass is 263 g/mol. The highest BCUT2D eigenvalue weighted by atomic mass is 16.5. The van der Waals surface area contributed by atoms with E-state index in [1.807, 2.05) is 31.2 Å². The largest absolute Gasteiger partial charge is 0.493 e. The molecule has 0 aliphatic rings. The fourth-order valence-corrected chi connectivity index (χ4v) is 1.53. The first-order valence-electron chi connectivity index (χ1n) is 6.49. The van der Waals surface area contributed by atoms with Gasteiger partial charge in [0.2, 0.25) is 5.91 Å². The summed E-state index contributed by atoms with van der Waals surface area (Å²) < 4.78 is 5.47. The molecule has 0 aliphatic heterocycles.